The Labute approximate surface area is 111 Å². The first kappa shape index (κ1) is 14.7. The van der Waals surface area contributed by atoms with E-state index in [2.05, 4.69) is 10.3 Å². The summed E-state index contributed by atoms with van der Waals surface area (Å²) < 4.78 is 5.34. The maximum absolute atomic E-state index is 11.9. The highest BCUT2D eigenvalue weighted by Gasteiger charge is 2.16. The predicted octanol–water partition coefficient (Wildman–Crippen LogP) is 0.946. The van der Waals surface area contributed by atoms with Crippen molar-refractivity contribution in [2.45, 2.75) is 20.0 Å². The number of ether oxygens (including phenoxy) is 1. The first-order chi connectivity index (χ1) is 8.41. The largest absolute Gasteiger partial charge is 0.382 e. The Morgan fingerprint density at radius 1 is 1.56 bits per heavy atom. The Hall–Kier alpha value is -1.34. The van der Waals surface area contributed by atoms with Crippen LogP contribution < -0.4 is 16.0 Å². The first-order valence-corrected chi connectivity index (χ1v) is 6.57. The van der Waals surface area contributed by atoms with Gasteiger partial charge in [0.15, 0.2) is 5.13 Å². The smallest absolute Gasteiger partial charge is 0.265 e. The molecular weight excluding hydrogens is 252 g/mol. The summed E-state index contributed by atoms with van der Waals surface area (Å²) in [5.74, 6) is 0.0661. The standard InChI is InChI=1S/C11H20N4O2S/c1-7(2)17-6-5-13-10(16)8-9(12)14-11(18-8)15(3)4/h7H,5-6,12H2,1-4H3,(H,13,16). The molecule has 3 N–H and O–H groups in total. The predicted molar refractivity (Wildman–Crippen MR) is 74.3 cm³/mol. The summed E-state index contributed by atoms with van der Waals surface area (Å²) in [6, 6.07) is 0. The van der Waals surface area contributed by atoms with Crippen molar-refractivity contribution in [2.24, 2.45) is 0 Å². The molecular formula is C11H20N4O2S. The van der Waals surface area contributed by atoms with Crippen LogP contribution in [-0.4, -0.2) is 44.2 Å². The molecule has 0 saturated carbocycles. The number of nitrogens with zero attached hydrogens (tertiary/aromatic N) is 2. The Kier molecular flexibility index (Phi) is 5.36. The van der Waals surface area contributed by atoms with Gasteiger partial charge in [0.05, 0.1) is 12.7 Å². The summed E-state index contributed by atoms with van der Waals surface area (Å²) in [4.78, 5) is 18.2. The van der Waals surface area contributed by atoms with Gasteiger partial charge >= 0.3 is 0 Å². The Balaban J connectivity index is 2.51. The third kappa shape index (κ3) is 4.15. The van der Waals surface area contributed by atoms with Gasteiger partial charge in [-0.2, -0.15) is 0 Å². The zero-order valence-corrected chi connectivity index (χ0v) is 12.0. The van der Waals surface area contributed by atoms with E-state index in [-0.39, 0.29) is 17.8 Å². The molecule has 0 saturated heterocycles. The third-order valence-electron chi connectivity index (χ3n) is 2.07. The van der Waals surface area contributed by atoms with Crippen LogP contribution in [0.25, 0.3) is 0 Å². The van der Waals surface area contributed by atoms with E-state index in [1.807, 2.05) is 32.8 Å². The zero-order chi connectivity index (χ0) is 13.7. The molecule has 0 aliphatic carbocycles. The highest BCUT2D eigenvalue weighted by Crippen LogP contribution is 2.26. The number of carbonyl (C=O) groups excluding carboxylic acids is 1. The summed E-state index contributed by atoms with van der Waals surface area (Å²) in [7, 11) is 3.72. The molecule has 0 radical (unpaired) electrons. The molecule has 0 aromatic carbocycles. The van der Waals surface area contributed by atoms with E-state index < -0.39 is 0 Å². The SMILES string of the molecule is CC(C)OCCNC(=O)c1sc(N(C)C)nc1N. The third-order valence-corrected chi connectivity index (χ3v) is 3.31. The van der Waals surface area contributed by atoms with Crippen molar-refractivity contribution >= 4 is 28.2 Å². The molecule has 0 atom stereocenters. The molecule has 1 amide bonds. The normalized spacial score (nSPS) is 10.7. The maximum atomic E-state index is 11.9. The van der Waals surface area contributed by atoms with Crippen LogP contribution in [0.3, 0.4) is 0 Å². The number of hydrogen-bond donors (Lipinski definition) is 2. The summed E-state index contributed by atoms with van der Waals surface area (Å²) in [6.07, 6.45) is 0.163. The minimum Gasteiger partial charge on any atom is -0.382 e. The van der Waals surface area contributed by atoms with Crippen molar-refractivity contribution in [1.29, 1.82) is 0 Å². The summed E-state index contributed by atoms with van der Waals surface area (Å²) >= 11 is 1.28. The zero-order valence-electron chi connectivity index (χ0n) is 11.2. The van der Waals surface area contributed by atoms with Gasteiger partial charge in [0.25, 0.3) is 5.91 Å². The van der Waals surface area contributed by atoms with E-state index in [0.717, 1.165) is 5.13 Å². The van der Waals surface area contributed by atoms with E-state index in [1.54, 1.807) is 0 Å². The van der Waals surface area contributed by atoms with Gasteiger partial charge in [0.2, 0.25) is 0 Å². The lowest BCUT2D eigenvalue weighted by molar-refractivity contribution is 0.0748. The second-order valence-electron chi connectivity index (χ2n) is 4.28. The molecule has 1 rings (SSSR count). The van der Waals surface area contributed by atoms with Gasteiger partial charge < -0.3 is 20.7 Å². The van der Waals surface area contributed by atoms with Gasteiger partial charge in [-0.25, -0.2) is 4.98 Å². The molecule has 0 aliphatic rings. The lowest BCUT2D eigenvalue weighted by Crippen LogP contribution is -2.28. The second kappa shape index (κ2) is 6.55. The number of nitrogens with one attached hydrogen (secondary N) is 1. The van der Waals surface area contributed by atoms with Crippen LogP contribution in [0.4, 0.5) is 10.9 Å². The fourth-order valence-electron chi connectivity index (χ4n) is 1.21. The number of thiazole rings is 1. The Morgan fingerprint density at radius 2 is 2.22 bits per heavy atom. The van der Waals surface area contributed by atoms with E-state index in [1.165, 1.54) is 11.3 Å². The van der Waals surface area contributed by atoms with Gasteiger partial charge in [-0.3, -0.25) is 4.79 Å². The second-order valence-corrected chi connectivity index (χ2v) is 5.26. The topological polar surface area (TPSA) is 80.5 Å². The highest BCUT2D eigenvalue weighted by molar-refractivity contribution is 7.18. The van der Waals surface area contributed by atoms with Crippen LogP contribution in [-0.2, 0) is 4.74 Å². The number of nitrogen functional groups attached to an aromatic ring is 1. The van der Waals surface area contributed by atoms with Gasteiger partial charge in [-0.1, -0.05) is 11.3 Å². The van der Waals surface area contributed by atoms with Crippen molar-refractivity contribution in [3.63, 3.8) is 0 Å². The summed E-state index contributed by atoms with van der Waals surface area (Å²) in [5, 5.41) is 3.47. The number of hydrogen-bond acceptors (Lipinski definition) is 6. The lowest BCUT2D eigenvalue weighted by atomic mass is 10.4. The van der Waals surface area contributed by atoms with Gasteiger partial charge in [0.1, 0.15) is 10.7 Å². The van der Waals surface area contributed by atoms with Crippen LogP contribution in [0.15, 0.2) is 0 Å². The summed E-state index contributed by atoms with van der Waals surface area (Å²) in [5.41, 5.74) is 5.71. The highest BCUT2D eigenvalue weighted by atomic mass is 32.1. The molecule has 1 aromatic rings. The van der Waals surface area contributed by atoms with Crippen molar-refractivity contribution in [1.82, 2.24) is 10.3 Å². The molecule has 0 unspecified atom stereocenters. The quantitative estimate of drug-likeness (QED) is 0.754. The van der Waals surface area contributed by atoms with Crippen LogP contribution in [0.5, 0.6) is 0 Å². The van der Waals surface area contributed by atoms with Crippen LogP contribution in [0, 0.1) is 0 Å². The first-order valence-electron chi connectivity index (χ1n) is 5.75. The van der Waals surface area contributed by atoms with Gasteiger partial charge in [0, 0.05) is 20.6 Å². The van der Waals surface area contributed by atoms with Crippen molar-refractivity contribution in [2.75, 3.05) is 37.9 Å². The van der Waals surface area contributed by atoms with E-state index in [9.17, 15) is 4.79 Å². The van der Waals surface area contributed by atoms with E-state index >= 15 is 0 Å². The van der Waals surface area contributed by atoms with E-state index in [4.69, 9.17) is 10.5 Å². The number of nitrogens with two attached hydrogens (primary N) is 1. The van der Waals surface area contributed by atoms with Gasteiger partial charge in [-0.05, 0) is 13.8 Å². The molecule has 7 heteroatoms. The number of amides is 1. The Bertz CT molecular complexity index is 404. The number of aromatic nitrogens is 1. The van der Waals surface area contributed by atoms with Gasteiger partial charge in [-0.15, -0.1) is 0 Å². The Morgan fingerprint density at radius 3 is 2.72 bits per heavy atom. The fourth-order valence-corrected chi connectivity index (χ4v) is 2.04. The molecule has 18 heavy (non-hydrogen) atoms. The molecule has 0 bridgehead atoms. The summed E-state index contributed by atoms with van der Waals surface area (Å²) in [6.45, 7) is 4.85. The average molecular weight is 272 g/mol. The monoisotopic (exact) mass is 272 g/mol. The van der Waals surface area contributed by atoms with Crippen LogP contribution in [0.1, 0.15) is 23.5 Å². The fraction of sp³-hybridized carbons (Fsp3) is 0.636. The van der Waals surface area contributed by atoms with Crippen LogP contribution >= 0.6 is 11.3 Å². The molecule has 6 nitrogen and oxygen atoms in total. The number of anilines is 2. The molecule has 0 fully saturated rings. The number of rotatable bonds is 6. The minimum atomic E-state index is -0.203. The van der Waals surface area contributed by atoms with Crippen LogP contribution in [0.2, 0.25) is 0 Å². The average Bonchev–Trinajstić information content (AvgIpc) is 2.66. The minimum absolute atomic E-state index is 0.163. The lowest BCUT2D eigenvalue weighted by Gasteiger charge is -2.08. The number of carbonyl (C=O) groups is 1. The molecule has 0 spiro atoms. The molecule has 1 aromatic heterocycles. The van der Waals surface area contributed by atoms with Crippen molar-refractivity contribution < 1.29 is 9.53 Å². The van der Waals surface area contributed by atoms with Crippen molar-refractivity contribution in [3.8, 4) is 0 Å². The van der Waals surface area contributed by atoms with E-state index in [0.29, 0.717) is 18.0 Å². The maximum Gasteiger partial charge on any atom is 0.265 e. The molecule has 102 valence electrons. The molecule has 1 heterocycles. The molecule has 0 aliphatic heterocycles. The van der Waals surface area contributed by atoms with Crippen molar-refractivity contribution in [3.05, 3.63) is 4.88 Å².